The van der Waals surface area contributed by atoms with Crippen LogP contribution in [-0.4, -0.2) is 31.9 Å². The van der Waals surface area contributed by atoms with Gasteiger partial charge in [-0.2, -0.15) is 5.10 Å². The fourth-order valence-corrected chi connectivity index (χ4v) is 2.53. The van der Waals surface area contributed by atoms with Gasteiger partial charge >= 0.3 is 5.97 Å². The second kappa shape index (κ2) is 7.04. The average molecular weight is 396 g/mol. The van der Waals surface area contributed by atoms with Crippen LogP contribution in [0.5, 0.6) is 5.75 Å². The smallest absolute Gasteiger partial charge is 0.339 e. The van der Waals surface area contributed by atoms with Gasteiger partial charge in [-0.15, -0.1) is 0 Å². The minimum atomic E-state index is -1.26. The zero-order chi connectivity index (χ0) is 18.0. The fraction of sp³-hybridized carbons (Fsp3) is 0.312. The maximum absolute atomic E-state index is 12.3. The summed E-state index contributed by atoms with van der Waals surface area (Å²) in [7, 11) is 0. The van der Waals surface area contributed by atoms with E-state index in [4.69, 9.17) is 5.11 Å². The highest BCUT2D eigenvalue weighted by Gasteiger charge is 2.18. The molecule has 2 aromatic rings. The van der Waals surface area contributed by atoms with Crippen molar-refractivity contribution in [1.82, 2.24) is 9.78 Å². The van der Waals surface area contributed by atoms with Crippen molar-refractivity contribution in [3.8, 4) is 5.75 Å². The number of hydrogen-bond acceptors (Lipinski definition) is 4. The third kappa shape index (κ3) is 3.76. The maximum atomic E-state index is 12.3. The number of carbonyl (C=O) groups is 2. The first kappa shape index (κ1) is 18.0. The molecule has 0 fully saturated rings. The van der Waals surface area contributed by atoms with Crippen molar-refractivity contribution < 1.29 is 19.8 Å². The van der Waals surface area contributed by atoms with E-state index in [0.717, 1.165) is 15.9 Å². The van der Waals surface area contributed by atoms with Gasteiger partial charge in [0.1, 0.15) is 11.3 Å². The van der Waals surface area contributed by atoms with E-state index in [1.807, 2.05) is 13.8 Å². The van der Waals surface area contributed by atoms with E-state index in [9.17, 15) is 14.7 Å². The minimum absolute atomic E-state index is 0.261. The molecule has 0 aliphatic carbocycles. The van der Waals surface area contributed by atoms with Crippen molar-refractivity contribution in [2.24, 2.45) is 5.92 Å². The third-order valence-corrected chi connectivity index (χ3v) is 4.83. The zero-order valence-electron chi connectivity index (χ0n) is 13.5. The number of aromatic carboxylic acids is 1. The number of aromatic nitrogens is 2. The number of halogens is 1. The Morgan fingerprint density at radius 3 is 2.58 bits per heavy atom. The average Bonchev–Trinajstić information content (AvgIpc) is 2.76. The topological polar surface area (TPSA) is 104 Å². The molecule has 7 nitrogen and oxygen atoms in total. The Hall–Kier alpha value is -2.35. The number of hydrogen-bond donors (Lipinski definition) is 3. The molecule has 0 bridgehead atoms. The Labute approximate surface area is 147 Å². The van der Waals surface area contributed by atoms with Gasteiger partial charge in [-0.3, -0.25) is 9.48 Å². The summed E-state index contributed by atoms with van der Waals surface area (Å²) in [6.07, 6.45) is 0. The molecule has 3 N–H and O–H groups in total. The molecule has 24 heavy (non-hydrogen) atoms. The van der Waals surface area contributed by atoms with Crippen molar-refractivity contribution in [2.75, 3.05) is 5.32 Å². The van der Waals surface area contributed by atoms with Crippen molar-refractivity contribution in [3.63, 3.8) is 0 Å². The van der Waals surface area contributed by atoms with E-state index < -0.39 is 5.97 Å². The molecule has 128 valence electrons. The van der Waals surface area contributed by atoms with Crippen LogP contribution in [0, 0.1) is 19.8 Å². The molecule has 0 aliphatic heterocycles. The number of benzene rings is 1. The number of carbonyl (C=O) groups excluding carboxylic acids is 1. The highest BCUT2D eigenvalue weighted by atomic mass is 79.9. The molecule has 1 heterocycles. The SMILES string of the molecule is Cc1nn(C[C@@H](C)C(=O)Nc2ccc(O)c(C(=O)O)c2)c(C)c1Br. The van der Waals surface area contributed by atoms with Crippen LogP contribution in [0.15, 0.2) is 22.7 Å². The van der Waals surface area contributed by atoms with Gasteiger partial charge in [0, 0.05) is 11.4 Å². The Morgan fingerprint density at radius 2 is 2.04 bits per heavy atom. The summed E-state index contributed by atoms with van der Waals surface area (Å²) in [6.45, 7) is 5.95. The van der Waals surface area contributed by atoms with E-state index in [2.05, 4.69) is 26.3 Å². The normalized spacial score (nSPS) is 12.0. The van der Waals surface area contributed by atoms with Crippen LogP contribution < -0.4 is 5.32 Å². The van der Waals surface area contributed by atoms with Crippen molar-refractivity contribution in [1.29, 1.82) is 0 Å². The monoisotopic (exact) mass is 395 g/mol. The summed E-state index contributed by atoms with van der Waals surface area (Å²) < 4.78 is 2.67. The lowest BCUT2D eigenvalue weighted by molar-refractivity contribution is -0.119. The van der Waals surface area contributed by atoms with Crippen LogP contribution in [-0.2, 0) is 11.3 Å². The van der Waals surface area contributed by atoms with E-state index in [1.165, 1.54) is 18.2 Å². The number of carboxylic acids is 1. The van der Waals surface area contributed by atoms with Crippen molar-refractivity contribution in [3.05, 3.63) is 39.6 Å². The van der Waals surface area contributed by atoms with Gasteiger partial charge in [-0.1, -0.05) is 6.92 Å². The molecule has 0 saturated carbocycles. The zero-order valence-corrected chi connectivity index (χ0v) is 15.1. The first-order valence-corrected chi connectivity index (χ1v) is 8.06. The minimum Gasteiger partial charge on any atom is -0.507 e. The quantitative estimate of drug-likeness (QED) is 0.675. The molecule has 1 aromatic heterocycles. The Kier molecular flexibility index (Phi) is 5.28. The van der Waals surface area contributed by atoms with Crippen LogP contribution in [0.4, 0.5) is 5.69 Å². The summed E-state index contributed by atoms with van der Waals surface area (Å²) in [5.74, 6) is -2.25. The summed E-state index contributed by atoms with van der Waals surface area (Å²) in [6, 6.07) is 3.91. The Bertz CT molecular complexity index is 801. The summed E-state index contributed by atoms with van der Waals surface area (Å²) in [5, 5.41) is 25.5. The van der Waals surface area contributed by atoms with Gasteiger partial charge in [0.15, 0.2) is 0 Å². The van der Waals surface area contributed by atoms with Crippen molar-refractivity contribution in [2.45, 2.75) is 27.3 Å². The number of rotatable bonds is 5. The number of anilines is 1. The first-order chi connectivity index (χ1) is 11.2. The van der Waals surface area contributed by atoms with Gasteiger partial charge < -0.3 is 15.5 Å². The van der Waals surface area contributed by atoms with Crippen LogP contribution in [0.3, 0.4) is 0 Å². The van der Waals surface area contributed by atoms with Crippen LogP contribution in [0.25, 0.3) is 0 Å². The van der Waals surface area contributed by atoms with E-state index in [1.54, 1.807) is 11.6 Å². The fourth-order valence-electron chi connectivity index (χ4n) is 2.25. The number of phenols is 1. The standard InChI is InChI=1S/C16H18BrN3O4/c1-8(7-20-10(3)14(17)9(2)19-20)15(22)18-11-4-5-13(21)12(6-11)16(23)24/h4-6,8,21H,7H2,1-3H3,(H,18,22)(H,23,24)/t8-/m1/s1. The second-order valence-electron chi connectivity index (χ2n) is 5.59. The second-order valence-corrected chi connectivity index (χ2v) is 6.39. The molecule has 0 saturated heterocycles. The van der Waals surface area contributed by atoms with Crippen LogP contribution in [0.1, 0.15) is 28.7 Å². The molecule has 1 atom stereocenters. The number of nitrogens with zero attached hydrogens (tertiary/aromatic N) is 2. The number of aromatic hydroxyl groups is 1. The summed E-state index contributed by atoms with van der Waals surface area (Å²) in [5.41, 5.74) is 1.84. The lowest BCUT2D eigenvalue weighted by atomic mass is 10.1. The highest BCUT2D eigenvalue weighted by molar-refractivity contribution is 9.10. The predicted molar refractivity (Wildman–Crippen MR) is 92.3 cm³/mol. The van der Waals surface area contributed by atoms with Gasteiger partial charge in [0.05, 0.1) is 22.6 Å². The predicted octanol–water partition coefficient (Wildman–Crippen LogP) is 2.94. The Balaban J connectivity index is 2.10. The number of amides is 1. The van der Waals surface area contributed by atoms with E-state index in [0.29, 0.717) is 12.2 Å². The molecule has 0 radical (unpaired) electrons. The molecular formula is C16H18BrN3O4. The number of aryl methyl sites for hydroxylation is 1. The van der Waals surface area contributed by atoms with Crippen LogP contribution >= 0.6 is 15.9 Å². The number of carboxylic acid groups (broad SMARTS) is 1. The molecule has 1 aromatic carbocycles. The lowest BCUT2D eigenvalue weighted by Gasteiger charge is -2.14. The first-order valence-electron chi connectivity index (χ1n) is 7.27. The maximum Gasteiger partial charge on any atom is 0.339 e. The Morgan fingerprint density at radius 1 is 1.38 bits per heavy atom. The number of nitrogens with one attached hydrogen (secondary N) is 1. The van der Waals surface area contributed by atoms with Gasteiger partial charge in [-0.25, -0.2) is 4.79 Å². The van der Waals surface area contributed by atoms with Gasteiger partial charge in [-0.05, 0) is 48.0 Å². The van der Waals surface area contributed by atoms with Gasteiger partial charge in [0.2, 0.25) is 5.91 Å². The summed E-state index contributed by atoms with van der Waals surface area (Å²) in [4.78, 5) is 23.3. The van der Waals surface area contributed by atoms with Crippen LogP contribution in [0.2, 0.25) is 0 Å². The molecule has 8 heteroatoms. The van der Waals surface area contributed by atoms with Gasteiger partial charge in [0.25, 0.3) is 0 Å². The molecule has 1 amide bonds. The molecule has 0 spiro atoms. The summed E-state index contributed by atoms with van der Waals surface area (Å²) >= 11 is 3.45. The molecular weight excluding hydrogens is 378 g/mol. The van der Waals surface area contributed by atoms with E-state index >= 15 is 0 Å². The van der Waals surface area contributed by atoms with Crippen molar-refractivity contribution >= 4 is 33.5 Å². The van der Waals surface area contributed by atoms with E-state index in [-0.39, 0.29) is 23.1 Å². The molecule has 2 rings (SSSR count). The largest absolute Gasteiger partial charge is 0.507 e. The highest BCUT2D eigenvalue weighted by Crippen LogP contribution is 2.23. The lowest BCUT2D eigenvalue weighted by Crippen LogP contribution is -2.25. The molecule has 0 unspecified atom stereocenters. The third-order valence-electron chi connectivity index (χ3n) is 3.68. The molecule has 0 aliphatic rings.